The maximum Gasteiger partial charge on any atom is 0.0346 e. The second kappa shape index (κ2) is 6.16. The van der Waals surface area contributed by atoms with E-state index in [1.54, 1.807) is 0 Å². The molecule has 88 valence electrons. The summed E-state index contributed by atoms with van der Waals surface area (Å²) in [5, 5.41) is 5.96. The second-order valence-electron chi connectivity index (χ2n) is 4.05. The van der Waals surface area contributed by atoms with Crippen LogP contribution in [0.4, 0.5) is 0 Å². The van der Waals surface area contributed by atoms with Gasteiger partial charge in [-0.25, -0.2) is 0 Å². The minimum Gasteiger partial charge on any atom is -0.312 e. The Morgan fingerprint density at radius 2 is 2.24 bits per heavy atom. The Kier molecular flexibility index (Phi) is 4.28. The molecule has 0 aliphatic rings. The molecule has 0 fully saturated rings. The molecule has 0 bridgehead atoms. The lowest BCUT2D eigenvalue weighted by Crippen LogP contribution is -2.14. The number of hydrogen-bond donors (Lipinski definition) is 1. The van der Waals surface area contributed by atoms with Crippen LogP contribution in [0.25, 0.3) is 10.8 Å². The third kappa shape index (κ3) is 3.14. The van der Waals surface area contributed by atoms with Gasteiger partial charge in [0.05, 0.1) is 0 Å². The molecule has 0 saturated carbocycles. The normalized spacial score (nSPS) is 11.4. The van der Waals surface area contributed by atoms with E-state index >= 15 is 0 Å². The Hall–Kier alpha value is -1.67. The third-order valence-electron chi connectivity index (χ3n) is 2.81. The van der Waals surface area contributed by atoms with Crippen LogP contribution in [0.3, 0.4) is 0 Å². The summed E-state index contributed by atoms with van der Waals surface area (Å²) >= 11 is 0. The molecule has 0 atom stereocenters. The van der Waals surface area contributed by atoms with Crippen LogP contribution in [0, 0.1) is 0 Å². The number of pyridine rings is 1. The van der Waals surface area contributed by atoms with E-state index in [2.05, 4.69) is 53.6 Å². The Labute approximate surface area is 102 Å². The zero-order valence-corrected chi connectivity index (χ0v) is 10.2. The first-order chi connectivity index (χ1) is 8.42. The van der Waals surface area contributed by atoms with Gasteiger partial charge < -0.3 is 5.32 Å². The highest BCUT2D eigenvalue weighted by atomic mass is 14.8. The van der Waals surface area contributed by atoms with Crippen LogP contribution < -0.4 is 5.32 Å². The number of fused-ring (bicyclic) bond motifs is 1. The topological polar surface area (TPSA) is 24.9 Å². The van der Waals surface area contributed by atoms with Gasteiger partial charge in [0, 0.05) is 24.3 Å². The number of nitrogens with zero attached hydrogens (tertiary/aromatic N) is 1. The van der Waals surface area contributed by atoms with E-state index in [0.29, 0.717) is 0 Å². The first-order valence-corrected chi connectivity index (χ1v) is 6.05. The summed E-state index contributed by atoms with van der Waals surface area (Å²) < 4.78 is 0. The third-order valence-corrected chi connectivity index (χ3v) is 2.81. The van der Waals surface area contributed by atoms with Gasteiger partial charge in [0.2, 0.25) is 0 Å². The van der Waals surface area contributed by atoms with E-state index in [4.69, 9.17) is 0 Å². The van der Waals surface area contributed by atoms with Gasteiger partial charge in [0.1, 0.15) is 0 Å². The average molecular weight is 226 g/mol. The Morgan fingerprint density at radius 3 is 3.12 bits per heavy atom. The number of allylic oxidation sites excluding steroid dienone is 1. The smallest absolute Gasteiger partial charge is 0.0346 e. The minimum absolute atomic E-state index is 0.916. The molecule has 0 saturated heterocycles. The first-order valence-electron chi connectivity index (χ1n) is 6.05. The fourth-order valence-electron chi connectivity index (χ4n) is 1.92. The van der Waals surface area contributed by atoms with Gasteiger partial charge in [-0.3, -0.25) is 4.98 Å². The number of benzene rings is 1. The maximum absolute atomic E-state index is 4.15. The zero-order chi connectivity index (χ0) is 11.9. The Morgan fingerprint density at radius 1 is 1.29 bits per heavy atom. The standard InChI is InChI=1S/C15H18N2/c1-2-3-4-9-16-11-13-6-5-7-14-12-17-10-8-15(13)14/h2-3,5-8,10,12,16H,4,9,11H2,1H3/b3-2+. The molecule has 0 aliphatic heterocycles. The van der Waals surface area contributed by atoms with Crippen molar-refractivity contribution in [3.8, 4) is 0 Å². The van der Waals surface area contributed by atoms with Crippen molar-refractivity contribution in [2.24, 2.45) is 0 Å². The molecule has 2 aromatic rings. The van der Waals surface area contributed by atoms with Crippen molar-refractivity contribution in [2.75, 3.05) is 6.54 Å². The van der Waals surface area contributed by atoms with Gasteiger partial charge >= 0.3 is 0 Å². The summed E-state index contributed by atoms with van der Waals surface area (Å²) in [5.74, 6) is 0. The van der Waals surface area contributed by atoms with Crippen LogP contribution in [0.15, 0.2) is 48.8 Å². The van der Waals surface area contributed by atoms with Gasteiger partial charge in [0.25, 0.3) is 0 Å². The average Bonchev–Trinajstić information content (AvgIpc) is 2.39. The molecule has 1 aromatic heterocycles. The van der Waals surface area contributed by atoms with Gasteiger partial charge in [0.15, 0.2) is 0 Å². The number of nitrogens with one attached hydrogen (secondary N) is 1. The lowest BCUT2D eigenvalue weighted by atomic mass is 10.1. The summed E-state index contributed by atoms with van der Waals surface area (Å²) in [6.07, 6.45) is 9.12. The van der Waals surface area contributed by atoms with Crippen molar-refractivity contribution in [3.05, 3.63) is 54.4 Å². The molecule has 0 spiro atoms. The lowest BCUT2D eigenvalue weighted by Gasteiger charge is -2.07. The monoisotopic (exact) mass is 226 g/mol. The molecule has 17 heavy (non-hydrogen) atoms. The Bertz CT molecular complexity index is 498. The van der Waals surface area contributed by atoms with E-state index in [1.165, 1.54) is 16.3 Å². The van der Waals surface area contributed by atoms with Crippen molar-refractivity contribution < 1.29 is 0 Å². The highest BCUT2D eigenvalue weighted by molar-refractivity contribution is 5.84. The molecule has 1 heterocycles. The lowest BCUT2D eigenvalue weighted by molar-refractivity contribution is 0.698. The van der Waals surface area contributed by atoms with Crippen LogP contribution >= 0.6 is 0 Å². The first kappa shape index (κ1) is 11.8. The zero-order valence-electron chi connectivity index (χ0n) is 10.2. The van der Waals surface area contributed by atoms with E-state index in [0.717, 1.165) is 19.5 Å². The van der Waals surface area contributed by atoms with Gasteiger partial charge in [-0.1, -0.05) is 30.4 Å². The maximum atomic E-state index is 4.15. The molecule has 0 unspecified atom stereocenters. The van der Waals surface area contributed by atoms with Gasteiger partial charge in [-0.05, 0) is 36.9 Å². The molecule has 1 N–H and O–H groups in total. The molecule has 0 amide bonds. The predicted molar refractivity (Wildman–Crippen MR) is 72.9 cm³/mol. The van der Waals surface area contributed by atoms with Crippen molar-refractivity contribution in [3.63, 3.8) is 0 Å². The van der Waals surface area contributed by atoms with Crippen LogP contribution in [0.5, 0.6) is 0 Å². The van der Waals surface area contributed by atoms with Gasteiger partial charge in [-0.15, -0.1) is 0 Å². The molecule has 2 nitrogen and oxygen atoms in total. The quantitative estimate of drug-likeness (QED) is 0.625. The van der Waals surface area contributed by atoms with E-state index in [1.807, 2.05) is 12.4 Å². The summed E-state index contributed by atoms with van der Waals surface area (Å²) in [4.78, 5) is 4.15. The summed E-state index contributed by atoms with van der Waals surface area (Å²) in [5.41, 5.74) is 1.34. The number of rotatable bonds is 5. The fraction of sp³-hybridized carbons (Fsp3) is 0.267. The molecular weight excluding hydrogens is 208 g/mol. The number of aromatic nitrogens is 1. The van der Waals surface area contributed by atoms with Crippen LogP contribution in [-0.2, 0) is 6.54 Å². The molecule has 0 radical (unpaired) electrons. The highest BCUT2D eigenvalue weighted by Crippen LogP contribution is 2.16. The van der Waals surface area contributed by atoms with Crippen molar-refractivity contribution >= 4 is 10.8 Å². The largest absolute Gasteiger partial charge is 0.312 e. The van der Waals surface area contributed by atoms with Crippen LogP contribution in [0.2, 0.25) is 0 Å². The molecule has 2 heteroatoms. The second-order valence-corrected chi connectivity index (χ2v) is 4.05. The fourth-order valence-corrected chi connectivity index (χ4v) is 1.92. The van der Waals surface area contributed by atoms with Crippen LogP contribution in [-0.4, -0.2) is 11.5 Å². The van der Waals surface area contributed by atoms with Crippen molar-refractivity contribution in [1.29, 1.82) is 0 Å². The van der Waals surface area contributed by atoms with Crippen LogP contribution in [0.1, 0.15) is 18.9 Å². The van der Waals surface area contributed by atoms with Crippen molar-refractivity contribution in [2.45, 2.75) is 19.9 Å². The summed E-state index contributed by atoms with van der Waals surface area (Å²) in [6, 6.07) is 8.45. The molecular formula is C15H18N2. The Balaban J connectivity index is 2.03. The summed E-state index contributed by atoms with van der Waals surface area (Å²) in [7, 11) is 0. The van der Waals surface area contributed by atoms with Crippen molar-refractivity contribution in [1.82, 2.24) is 10.3 Å². The highest BCUT2D eigenvalue weighted by Gasteiger charge is 1.99. The van der Waals surface area contributed by atoms with E-state index in [9.17, 15) is 0 Å². The van der Waals surface area contributed by atoms with E-state index < -0.39 is 0 Å². The van der Waals surface area contributed by atoms with Gasteiger partial charge in [-0.2, -0.15) is 0 Å². The minimum atomic E-state index is 0.916. The SMILES string of the molecule is C/C=C/CCNCc1cccc2cnccc12. The molecule has 1 aromatic carbocycles. The molecule has 2 rings (SSSR count). The van der Waals surface area contributed by atoms with E-state index in [-0.39, 0.29) is 0 Å². The summed E-state index contributed by atoms with van der Waals surface area (Å²) in [6.45, 7) is 3.99. The predicted octanol–water partition coefficient (Wildman–Crippen LogP) is 3.29. The number of hydrogen-bond acceptors (Lipinski definition) is 2. The molecule has 0 aliphatic carbocycles.